The van der Waals surface area contributed by atoms with Gasteiger partial charge >= 0.3 is 5.97 Å². The lowest BCUT2D eigenvalue weighted by atomic mass is 9.91. The first-order chi connectivity index (χ1) is 14.6. The molecule has 0 heterocycles. The molecule has 4 heteroatoms. The number of ether oxygens (including phenoxy) is 1. The zero-order valence-corrected chi connectivity index (χ0v) is 16.8. The Morgan fingerprint density at radius 2 is 1.33 bits per heavy atom. The first-order valence-electron chi connectivity index (χ1n) is 9.52. The molecule has 0 aliphatic rings. The molecule has 0 aromatic heterocycles. The predicted octanol–water partition coefficient (Wildman–Crippen LogP) is 6.95. The minimum atomic E-state index is -1.02. The Kier molecular flexibility index (Phi) is 5.82. The van der Waals surface area contributed by atoms with Crippen molar-refractivity contribution in [2.45, 2.75) is 6.61 Å². The highest BCUT2D eigenvalue weighted by Crippen LogP contribution is 2.39. The van der Waals surface area contributed by atoms with Crippen molar-refractivity contribution in [3.8, 4) is 28.0 Å². The number of benzene rings is 4. The summed E-state index contributed by atoms with van der Waals surface area (Å²) in [7, 11) is 0. The second-order valence-corrected chi connectivity index (χ2v) is 7.25. The van der Waals surface area contributed by atoms with Gasteiger partial charge in [0.15, 0.2) is 0 Å². The molecule has 4 rings (SSSR count). The van der Waals surface area contributed by atoms with Crippen molar-refractivity contribution in [3.05, 3.63) is 113 Å². The summed E-state index contributed by atoms with van der Waals surface area (Å²) < 4.78 is 6.13. The van der Waals surface area contributed by atoms with Gasteiger partial charge < -0.3 is 9.84 Å². The fourth-order valence-corrected chi connectivity index (χ4v) is 3.60. The number of carbonyl (C=O) groups is 1. The SMILES string of the molecule is O=C(O)c1cc(Cl)ccc1-c1ccccc1-c1ccccc1OCc1ccccc1. The third kappa shape index (κ3) is 4.22. The zero-order chi connectivity index (χ0) is 20.9. The fraction of sp³-hybridized carbons (Fsp3) is 0.0385. The maximum atomic E-state index is 11.8. The molecule has 0 unspecified atom stereocenters. The van der Waals surface area contributed by atoms with Gasteiger partial charge in [-0.3, -0.25) is 0 Å². The van der Waals surface area contributed by atoms with Gasteiger partial charge in [0.2, 0.25) is 0 Å². The van der Waals surface area contributed by atoms with Crippen molar-refractivity contribution in [3.63, 3.8) is 0 Å². The number of hydrogen-bond donors (Lipinski definition) is 1. The van der Waals surface area contributed by atoms with Crippen LogP contribution >= 0.6 is 11.6 Å². The molecule has 0 fully saturated rings. The molecule has 0 atom stereocenters. The van der Waals surface area contributed by atoms with Crippen LogP contribution in [-0.4, -0.2) is 11.1 Å². The van der Waals surface area contributed by atoms with Gasteiger partial charge in [0, 0.05) is 10.6 Å². The summed E-state index contributed by atoms with van der Waals surface area (Å²) in [6, 6.07) is 30.4. The molecular weight excluding hydrogens is 396 g/mol. The highest BCUT2D eigenvalue weighted by atomic mass is 35.5. The number of rotatable bonds is 6. The maximum absolute atomic E-state index is 11.8. The normalized spacial score (nSPS) is 10.6. The van der Waals surface area contributed by atoms with E-state index in [9.17, 15) is 9.90 Å². The van der Waals surface area contributed by atoms with Crippen LogP contribution in [-0.2, 0) is 6.61 Å². The summed E-state index contributed by atoms with van der Waals surface area (Å²) in [6.07, 6.45) is 0. The third-order valence-corrected chi connectivity index (χ3v) is 5.08. The third-order valence-electron chi connectivity index (χ3n) is 4.84. The topological polar surface area (TPSA) is 46.5 Å². The Hall–Kier alpha value is -3.56. The highest BCUT2D eigenvalue weighted by molar-refractivity contribution is 6.31. The average Bonchev–Trinajstić information content (AvgIpc) is 2.78. The second-order valence-electron chi connectivity index (χ2n) is 6.81. The van der Waals surface area contributed by atoms with Crippen molar-refractivity contribution in [1.82, 2.24) is 0 Å². The smallest absolute Gasteiger partial charge is 0.336 e. The molecule has 148 valence electrons. The molecular formula is C26H19ClO3. The predicted molar refractivity (Wildman–Crippen MR) is 120 cm³/mol. The van der Waals surface area contributed by atoms with Gasteiger partial charge in [-0.1, -0.05) is 90.5 Å². The molecule has 0 aliphatic carbocycles. The maximum Gasteiger partial charge on any atom is 0.336 e. The van der Waals surface area contributed by atoms with Gasteiger partial charge in [-0.15, -0.1) is 0 Å². The van der Waals surface area contributed by atoms with Gasteiger partial charge in [0.25, 0.3) is 0 Å². The minimum Gasteiger partial charge on any atom is -0.488 e. The molecule has 0 amide bonds. The molecule has 0 saturated carbocycles. The average molecular weight is 415 g/mol. The van der Waals surface area contributed by atoms with Gasteiger partial charge in [0.05, 0.1) is 5.56 Å². The van der Waals surface area contributed by atoms with E-state index in [1.807, 2.05) is 78.9 Å². The molecule has 0 saturated heterocycles. The van der Waals surface area contributed by atoms with Crippen LogP contribution in [0, 0.1) is 0 Å². The van der Waals surface area contributed by atoms with Crippen molar-refractivity contribution in [2.24, 2.45) is 0 Å². The van der Waals surface area contributed by atoms with E-state index in [1.165, 1.54) is 6.07 Å². The van der Waals surface area contributed by atoms with E-state index in [4.69, 9.17) is 16.3 Å². The van der Waals surface area contributed by atoms with Crippen LogP contribution < -0.4 is 4.74 Å². The van der Waals surface area contributed by atoms with E-state index < -0.39 is 5.97 Å². The van der Waals surface area contributed by atoms with Crippen LogP contribution in [0.2, 0.25) is 5.02 Å². The van der Waals surface area contributed by atoms with Crippen molar-refractivity contribution in [1.29, 1.82) is 0 Å². The fourth-order valence-electron chi connectivity index (χ4n) is 3.43. The standard InChI is InChI=1S/C26H19ClO3/c27-19-14-15-22(24(16-19)26(28)29)20-10-4-5-11-21(20)23-12-6-7-13-25(23)30-17-18-8-2-1-3-9-18/h1-16H,17H2,(H,28,29). The Balaban J connectivity index is 1.78. The molecule has 0 bridgehead atoms. The number of hydrogen-bond acceptors (Lipinski definition) is 2. The van der Waals surface area contributed by atoms with Crippen molar-refractivity contribution in [2.75, 3.05) is 0 Å². The number of carboxylic acids is 1. The molecule has 30 heavy (non-hydrogen) atoms. The number of para-hydroxylation sites is 1. The molecule has 4 aromatic rings. The van der Waals surface area contributed by atoms with E-state index in [2.05, 4.69) is 0 Å². The van der Waals surface area contributed by atoms with E-state index in [-0.39, 0.29) is 5.56 Å². The Labute approximate surface area is 180 Å². The lowest BCUT2D eigenvalue weighted by Gasteiger charge is -2.16. The van der Waals surface area contributed by atoms with Crippen LogP contribution in [0.15, 0.2) is 97.1 Å². The van der Waals surface area contributed by atoms with E-state index in [0.717, 1.165) is 28.0 Å². The lowest BCUT2D eigenvalue weighted by molar-refractivity contribution is 0.0697. The number of halogens is 1. The van der Waals surface area contributed by atoms with Gasteiger partial charge in [-0.05, 0) is 40.5 Å². The second kappa shape index (κ2) is 8.85. The molecule has 0 aliphatic heterocycles. The zero-order valence-electron chi connectivity index (χ0n) is 16.1. The molecule has 4 aromatic carbocycles. The molecule has 3 nitrogen and oxygen atoms in total. The molecule has 1 N–H and O–H groups in total. The van der Waals surface area contributed by atoms with Crippen LogP contribution in [0.1, 0.15) is 15.9 Å². The van der Waals surface area contributed by atoms with Crippen LogP contribution in [0.4, 0.5) is 0 Å². The summed E-state index contributed by atoms with van der Waals surface area (Å²) in [6.45, 7) is 0.446. The van der Waals surface area contributed by atoms with Crippen LogP contribution in [0.5, 0.6) is 5.75 Å². The van der Waals surface area contributed by atoms with Crippen LogP contribution in [0.3, 0.4) is 0 Å². The Bertz CT molecular complexity index is 1190. The first-order valence-corrected chi connectivity index (χ1v) is 9.89. The van der Waals surface area contributed by atoms with E-state index in [0.29, 0.717) is 17.2 Å². The van der Waals surface area contributed by atoms with Crippen LogP contribution in [0.25, 0.3) is 22.3 Å². The quantitative estimate of drug-likeness (QED) is 0.371. The van der Waals surface area contributed by atoms with Gasteiger partial charge in [-0.25, -0.2) is 4.79 Å². The van der Waals surface area contributed by atoms with Gasteiger partial charge in [-0.2, -0.15) is 0 Å². The summed E-state index contributed by atoms with van der Waals surface area (Å²) in [5.74, 6) is -0.282. The summed E-state index contributed by atoms with van der Waals surface area (Å²) in [5, 5.41) is 10.1. The van der Waals surface area contributed by atoms with E-state index >= 15 is 0 Å². The lowest BCUT2D eigenvalue weighted by Crippen LogP contribution is -2.01. The Morgan fingerprint density at radius 3 is 2.03 bits per heavy atom. The summed E-state index contributed by atoms with van der Waals surface area (Å²) in [5.41, 5.74) is 4.45. The number of aromatic carboxylic acids is 1. The van der Waals surface area contributed by atoms with Crippen molar-refractivity contribution < 1.29 is 14.6 Å². The minimum absolute atomic E-state index is 0.164. The summed E-state index contributed by atoms with van der Waals surface area (Å²) >= 11 is 6.05. The van der Waals surface area contributed by atoms with E-state index in [1.54, 1.807) is 12.1 Å². The molecule has 0 spiro atoms. The largest absolute Gasteiger partial charge is 0.488 e. The summed E-state index contributed by atoms with van der Waals surface area (Å²) in [4.78, 5) is 11.8. The Morgan fingerprint density at radius 1 is 0.733 bits per heavy atom. The highest BCUT2D eigenvalue weighted by Gasteiger charge is 2.17. The first kappa shape index (κ1) is 19.7. The number of carboxylic acid groups (broad SMARTS) is 1. The van der Waals surface area contributed by atoms with Crippen molar-refractivity contribution >= 4 is 17.6 Å². The molecule has 0 radical (unpaired) electrons. The monoisotopic (exact) mass is 414 g/mol. The van der Waals surface area contributed by atoms with Gasteiger partial charge in [0.1, 0.15) is 12.4 Å².